The highest BCUT2D eigenvalue weighted by molar-refractivity contribution is 7.89. The lowest BCUT2D eigenvalue weighted by molar-refractivity contribution is 0.0952. The SMILES string of the molecule is CS(=O)(=O)Cc1ccc(C(=O)NCCCCOc2ccc(F)cc2)cc1. The minimum absolute atomic E-state index is 0.0387. The quantitative estimate of drug-likeness (QED) is 0.680. The summed E-state index contributed by atoms with van der Waals surface area (Å²) in [5, 5.41) is 2.81. The number of carbonyl (C=O) groups excluding carboxylic acids is 1. The Bertz CT molecular complexity index is 818. The van der Waals surface area contributed by atoms with Gasteiger partial charge in [0.15, 0.2) is 9.84 Å². The molecule has 0 bridgehead atoms. The van der Waals surface area contributed by atoms with Crippen molar-refractivity contribution in [3.8, 4) is 5.75 Å². The van der Waals surface area contributed by atoms with Gasteiger partial charge in [0, 0.05) is 18.4 Å². The molecule has 1 amide bonds. The van der Waals surface area contributed by atoms with Crippen LogP contribution in [0, 0.1) is 5.82 Å². The van der Waals surface area contributed by atoms with Crippen LogP contribution in [0.3, 0.4) is 0 Å². The molecule has 1 N–H and O–H groups in total. The highest BCUT2D eigenvalue weighted by Gasteiger charge is 2.07. The average molecular weight is 379 g/mol. The first-order valence-corrected chi connectivity index (χ1v) is 10.3. The molecule has 140 valence electrons. The molecule has 0 radical (unpaired) electrons. The Hall–Kier alpha value is -2.41. The lowest BCUT2D eigenvalue weighted by Gasteiger charge is -2.08. The van der Waals surface area contributed by atoms with Gasteiger partial charge in [-0.25, -0.2) is 12.8 Å². The summed E-state index contributed by atoms with van der Waals surface area (Å²) in [5.74, 6) is 0.0764. The normalized spacial score (nSPS) is 11.2. The van der Waals surface area contributed by atoms with E-state index in [0.29, 0.717) is 30.0 Å². The maximum absolute atomic E-state index is 12.8. The van der Waals surface area contributed by atoms with Gasteiger partial charge in [0.05, 0.1) is 12.4 Å². The van der Waals surface area contributed by atoms with Gasteiger partial charge < -0.3 is 10.1 Å². The molecular weight excluding hydrogens is 357 g/mol. The number of ether oxygens (including phenoxy) is 1. The number of hydrogen-bond acceptors (Lipinski definition) is 4. The van der Waals surface area contributed by atoms with E-state index in [2.05, 4.69) is 5.32 Å². The van der Waals surface area contributed by atoms with Gasteiger partial charge in [-0.15, -0.1) is 0 Å². The molecular formula is C19H22FNO4S. The third-order valence-corrected chi connectivity index (χ3v) is 4.44. The van der Waals surface area contributed by atoms with Gasteiger partial charge in [0.2, 0.25) is 0 Å². The number of sulfone groups is 1. The number of hydrogen-bond donors (Lipinski definition) is 1. The van der Waals surface area contributed by atoms with Gasteiger partial charge in [-0.3, -0.25) is 4.79 Å². The summed E-state index contributed by atoms with van der Waals surface area (Å²) >= 11 is 0. The van der Waals surface area contributed by atoms with Crippen LogP contribution in [0.15, 0.2) is 48.5 Å². The van der Waals surface area contributed by atoms with Gasteiger partial charge in [0.1, 0.15) is 11.6 Å². The molecule has 5 nitrogen and oxygen atoms in total. The summed E-state index contributed by atoms with van der Waals surface area (Å²) in [6, 6.07) is 12.4. The van der Waals surface area contributed by atoms with E-state index in [4.69, 9.17) is 4.74 Å². The molecule has 2 rings (SSSR count). The Morgan fingerprint density at radius 2 is 1.69 bits per heavy atom. The van der Waals surface area contributed by atoms with E-state index in [9.17, 15) is 17.6 Å². The topological polar surface area (TPSA) is 72.5 Å². The van der Waals surface area contributed by atoms with E-state index in [1.165, 1.54) is 18.4 Å². The van der Waals surface area contributed by atoms with Crippen LogP contribution < -0.4 is 10.1 Å². The molecule has 2 aromatic carbocycles. The molecule has 0 aliphatic carbocycles. The minimum Gasteiger partial charge on any atom is -0.494 e. The second-order valence-electron chi connectivity index (χ2n) is 6.03. The molecule has 0 spiro atoms. The molecule has 7 heteroatoms. The molecule has 0 unspecified atom stereocenters. The fourth-order valence-electron chi connectivity index (χ4n) is 2.31. The molecule has 0 fully saturated rings. The highest BCUT2D eigenvalue weighted by Crippen LogP contribution is 2.11. The minimum atomic E-state index is -3.09. The van der Waals surface area contributed by atoms with Crippen molar-refractivity contribution in [2.45, 2.75) is 18.6 Å². The zero-order chi connectivity index (χ0) is 19.0. The summed E-state index contributed by atoms with van der Waals surface area (Å²) in [5.41, 5.74) is 1.15. The van der Waals surface area contributed by atoms with Crippen molar-refractivity contribution in [1.82, 2.24) is 5.32 Å². The number of carbonyl (C=O) groups is 1. The predicted molar refractivity (Wildman–Crippen MR) is 98.5 cm³/mol. The predicted octanol–water partition coefficient (Wildman–Crippen LogP) is 2.96. The van der Waals surface area contributed by atoms with Gasteiger partial charge in [-0.2, -0.15) is 0 Å². The van der Waals surface area contributed by atoms with E-state index >= 15 is 0 Å². The van der Waals surface area contributed by atoms with Gasteiger partial charge >= 0.3 is 0 Å². The highest BCUT2D eigenvalue weighted by atomic mass is 32.2. The average Bonchev–Trinajstić information content (AvgIpc) is 2.58. The van der Waals surface area contributed by atoms with Crippen molar-refractivity contribution in [3.05, 3.63) is 65.5 Å². The number of amides is 1. The molecule has 26 heavy (non-hydrogen) atoms. The first-order valence-electron chi connectivity index (χ1n) is 8.27. The molecule has 2 aromatic rings. The standard InChI is InChI=1S/C19H22FNO4S/c1-26(23,24)14-15-4-6-16(7-5-15)19(22)21-12-2-3-13-25-18-10-8-17(20)9-11-18/h4-11H,2-3,12-14H2,1H3,(H,21,22). The molecule has 0 aromatic heterocycles. The van der Waals surface area contributed by atoms with Crippen LogP contribution in [0.4, 0.5) is 4.39 Å². The lowest BCUT2D eigenvalue weighted by atomic mass is 10.1. The van der Waals surface area contributed by atoms with Crippen LogP contribution in [-0.4, -0.2) is 33.7 Å². The van der Waals surface area contributed by atoms with Crippen LogP contribution >= 0.6 is 0 Å². The maximum atomic E-state index is 12.8. The first kappa shape index (κ1) is 19.9. The fraction of sp³-hybridized carbons (Fsp3) is 0.316. The molecule has 0 saturated carbocycles. The lowest BCUT2D eigenvalue weighted by Crippen LogP contribution is -2.24. The van der Waals surface area contributed by atoms with Crippen molar-refractivity contribution >= 4 is 15.7 Å². The third-order valence-electron chi connectivity index (χ3n) is 3.58. The Morgan fingerprint density at radius 1 is 1.04 bits per heavy atom. The van der Waals surface area contributed by atoms with Crippen molar-refractivity contribution in [2.24, 2.45) is 0 Å². The van der Waals surface area contributed by atoms with Crippen molar-refractivity contribution in [3.63, 3.8) is 0 Å². The van der Waals surface area contributed by atoms with E-state index in [1.807, 2.05) is 0 Å². The number of benzene rings is 2. The second kappa shape index (κ2) is 9.33. The second-order valence-corrected chi connectivity index (χ2v) is 8.17. The Morgan fingerprint density at radius 3 is 2.31 bits per heavy atom. The van der Waals surface area contributed by atoms with Gasteiger partial charge in [-0.1, -0.05) is 12.1 Å². The van der Waals surface area contributed by atoms with Gasteiger partial charge in [-0.05, 0) is 54.8 Å². The molecule has 0 heterocycles. The molecule has 0 aliphatic heterocycles. The smallest absolute Gasteiger partial charge is 0.251 e. The van der Waals surface area contributed by atoms with Crippen molar-refractivity contribution in [1.29, 1.82) is 0 Å². The van der Waals surface area contributed by atoms with Crippen LogP contribution in [0.5, 0.6) is 5.75 Å². The van der Waals surface area contributed by atoms with Crippen molar-refractivity contribution in [2.75, 3.05) is 19.4 Å². The zero-order valence-corrected chi connectivity index (χ0v) is 15.4. The van der Waals surface area contributed by atoms with E-state index in [1.54, 1.807) is 36.4 Å². The van der Waals surface area contributed by atoms with E-state index in [0.717, 1.165) is 12.8 Å². The summed E-state index contributed by atoms with van der Waals surface area (Å²) in [4.78, 5) is 12.0. The zero-order valence-electron chi connectivity index (χ0n) is 14.6. The van der Waals surface area contributed by atoms with Gasteiger partial charge in [0.25, 0.3) is 5.91 Å². The summed E-state index contributed by atoms with van der Waals surface area (Å²) in [6.07, 6.45) is 2.68. The Labute approximate surface area is 153 Å². The monoisotopic (exact) mass is 379 g/mol. The molecule has 0 atom stereocenters. The summed E-state index contributed by atoms with van der Waals surface area (Å²) in [6.45, 7) is 0.998. The third kappa shape index (κ3) is 7.23. The van der Waals surface area contributed by atoms with E-state index < -0.39 is 9.84 Å². The van der Waals surface area contributed by atoms with Crippen LogP contribution in [0.1, 0.15) is 28.8 Å². The number of nitrogens with one attached hydrogen (secondary N) is 1. The van der Waals surface area contributed by atoms with Crippen LogP contribution in [0.25, 0.3) is 0 Å². The largest absolute Gasteiger partial charge is 0.494 e. The van der Waals surface area contributed by atoms with Crippen LogP contribution in [0.2, 0.25) is 0 Å². The Kier molecular flexibility index (Phi) is 7.15. The fourth-order valence-corrected chi connectivity index (χ4v) is 3.10. The number of rotatable bonds is 9. The molecule has 0 saturated heterocycles. The molecule has 0 aliphatic rings. The number of unbranched alkanes of at least 4 members (excludes halogenated alkanes) is 1. The Balaban J connectivity index is 1.66. The summed E-state index contributed by atoms with van der Waals surface area (Å²) in [7, 11) is -3.09. The summed E-state index contributed by atoms with van der Waals surface area (Å²) < 4.78 is 40.7. The van der Waals surface area contributed by atoms with Crippen LogP contribution in [-0.2, 0) is 15.6 Å². The van der Waals surface area contributed by atoms with Crippen molar-refractivity contribution < 1.29 is 22.3 Å². The first-order chi connectivity index (χ1) is 12.3. The maximum Gasteiger partial charge on any atom is 0.251 e. The number of halogens is 1. The van der Waals surface area contributed by atoms with E-state index in [-0.39, 0.29) is 17.5 Å².